The zero-order valence-electron chi connectivity index (χ0n) is 15.8. The van der Waals surface area contributed by atoms with Crippen LogP contribution in [0.25, 0.3) is 10.9 Å². The Balaban J connectivity index is 1.66. The van der Waals surface area contributed by atoms with Gasteiger partial charge in [0.1, 0.15) is 0 Å². The third-order valence-electron chi connectivity index (χ3n) is 5.31. The standard InChI is InChI=1S/C23H17N3O3S/c27-21(18-6-3-11-30-18)19-20(16-12-25-17-5-2-1-4-15(16)17)26(23(29)22(19)28)13-14-7-9-24-10-8-14/h1-12,20,25,28H,13H2. The molecule has 0 aliphatic carbocycles. The molecule has 3 aromatic heterocycles. The van der Waals surface area contributed by atoms with Gasteiger partial charge in [0, 0.05) is 41.6 Å². The average Bonchev–Trinajstić information content (AvgIpc) is 3.50. The third kappa shape index (κ3) is 2.91. The van der Waals surface area contributed by atoms with Crippen molar-refractivity contribution in [3.05, 3.63) is 99.8 Å². The summed E-state index contributed by atoms with van der Waals surface area (Å²) in [6.45, 7) is 0.247. The first-order chi connectivity index (χ1) is 14.6. The maximum Gasteiger partial charge on any atom is 0.290 e. The van der Waals surface area contributed by atoms with Crippen LogP contribution in [0.2, 0.25) is 0 Å². The molecule has 148 valence electrons. The number of carbonyl (C=O) groups excluding carboxylic acids is 2. The Morgan fingerprint density at radius 1 is 1.13 bits per heavy atom. The molecule has 4 aromatic rings. The topological polar surface area (TPSA) is 86.3 Å². The molecule has 1 amide bonds. The number of rotatable bonds is 5. The van der Waals surface area contributed by atoms with Gasteiger partial charge in [0.05, 0.1) is 16.5 Å². The SMILES string of the molecule is O=C(C1=C(O)C(=O)N(Cc2ccncc2)C1c1c[nH]c2ccccc12)c1cccs1. The molecular formula is C23H17N3O3S. The highest BCUT2D eigenvalue weighted by Gasteiger charge is 2.44. The Labute approximate surface area is 176 Å². The number of pyridine rings is 1. The van der Waals surface area contributed by atoms with Gasteiger partial charge in [-0.05, 0) is 35.2 Å². The van der Waals surface area contributed by atoms with E-state index in [1.54, 1.807) is 34.8 Å². The van der Waals surface area contributed by atoms with Crippen LogP contribution < -0.4 is 0 Å². The van der Waals surface area contributed by atoms with Gasteiger partial charge in [-0.3, -0.25) is 14.6 Å². The van der Waals surface area contributed by atoms with E-state index in [9.17, 15) is 14.7 Å². The number of Topliss-reactive ketones (excluding diaryl/α,β-unsaturated/α-hetero) is 1. The van der Waals surface area contributed by atoms with E-state index in [0.717, 1.165) is 22.0 Å². The molecule has 30 heavy (non-hydrogen) atoms. The highest BCUT2D eigenvalue weighted by atomic mass is 32.1. The van der Waals surface area contributed by atoms with Gasteiger partial charge in [0.2, 0.25) is 5.78 Å². The number of aromatic nitrogens is 2. The van der Waals surface area contributed by atoms with Crippen LogP contribution in [-0.2, 0) is 11.3 Å². The third-order valence-corrected chi connectivity index (χ3v) is 6.18. The second-order valence-corrected chi connectivity index (χ2v) is 8.00. The number of aliphatic hydroxyl groups excluding tert-OH is 1. The summed E-state index contributed by atoms with van der Waals surface area (Å²) < 4.78 is 0. The van der Waals surface area contributed by atoms with Crippen molar-refractivity contribution in [3.63, 3.8) is 0 Å². The second kappa shape index (κ2) is 7.27. The van der Waals surface area contributed by atoms with E-state index in [4.69, 9.17) is 0 Å². The minimum atomic E-state index is -0.698. The molecule has 0 bridgehead atoms. The number of ketones is 1. The van der Waals surface area contributed by atoms with Gasteiger partial charge < -0.3 is 15.0 Å². The number of hydrogen-bond acceptors (Lipinski definition) is 5. The van der Waals surface area contributed by atoms with Crippen LogP contribution in [0.15, 0.2) is 83.8 Å². The number of aromatic amines is 1. The van der Waals surface area contributed by atoms with E-state index in [-0.39, 0.29) is 17.9 Å². The minimum absolute atomic E-state index is 0.112. The summed E-state index contributed by atoms with van der Waals surface area (Å²) in [5.74, 6) is -1.37. The number of fused-ring (bicyclic) bond motifs is 1. The van der Waals surface area contributed by atoms with Gasteiger partial charge in [-0.2, -0.15) is 0 Å². The Bertz CT molecular complexity index is 1280. The molecule has 1 atom stereocenters. The number of thiophene rings is 1. The first kappa shape index (κ1) is 18.3. The lowest BCUT2D eigenvalue weighted by Crippen LogP contribution is -2.30. The predicted octanol–water partition coefficient (Wildman–Crippen LogP) is 4.40. The molecule has 1 aliphatic heterocycles. The van der Waals surface area contributed by atoms with Gasteiger partial charge in [-0.1, -0.05) is 24.3 Å². The molecule has 2 N–H and O–H groups in total. The van der Waals surface area contributed by atoms with Crippen LogP contribution >= 0.6 is 11.3 Å². The molecule has 6 nitrogen and oxygen atoms in total. The summed E-state index contributed by atoms with van der Waals surface area (Å²) in [5.41, 5.74) is 2.65. The maximum absolute atomic E-state index is 13.3. The molecule has 0 radical (unpaired) electrons. The minimum Gasteiger partial charge on any atom is -0.503 e. The fourth-order valence-electron chi connectivity index (χ4n) is 3.92. The van der Waals surface area contributed by atoms with Crippen LogP contribution in [0.5, 0.6) is 0 Å². The fraction of sp³-hybridized carbons (Fsp3) is 0.0870. The molecule has 0 fully saturated rings. The van der Waals surface area contributed by atoms with Crippen molar-refractivity contribution < 1.29 is 14.7 Å². The van der Waals surface area contributed by atoms with Gasteiger partial charge in [-0.15, -0.1) is 11.3 Å². The van der Waals surface area contributed by atoms with Crippen LogP contribution in [0.4, 0.5) is 0 Å². The van der Waals surface area contributed by atoms with Crippen LogP contribution in [-0.4, -0.2) is 31.7 Å². The number of hydrogen-bond donors (Lipinski definition) is 2. The number of nitrogens with zero attached hydrogens (tertiary/aromatic N) is 2. The average molecular weight is 415 g/mol. The number of nitrogens with one attached hydrogen (secondary N) is 1. The summed E-state index contributed by atoms with van der Waals surface area (Å²) in [5, 5.41) is 13.5. The highest BCUT2D eigenvalue weighted by Crippen LogP contribution is 2.42. The molecule has 1 unspecified atom stereocenters. The van der Waals surface area contributed by atoms with Gasteiger partial charge in [0.15, 0.2) is 5.76 Å². The predicted molar refractivity (Wildman–Crippen MR) is 114 cm³/mol. The summed E-state index contributed by atoms with van der Waals surface area (Å²) in [6, 6.07) is 14.1. The Morgan fingerprint density at radius 3 is 2.70 bits per heavy atom. The lowest BCUT2D eigenvalue weighted by Gasteiger charge is -2.26. The first-order valence-corrected chi connectivity index (χ1v) is 10.3. The molecule has 5 rings (SSSR count). The zero-order valence-corrected chi connectivity index (χ0v) is 16.6. The van der Waals surface area contributed by atoms with E-state index in [2.05, 4.69) is 9.97 Å². The number of amides is 1. The molecule has 0 saturated carbocycles. The van der Waals surface area contributed by atoms with Gasteiger partial charge in [-0.25, -0.2) is 0 Å². The van der Waals surface area contributed by atoms with Crippen molar-refractivity contribution >= 4 is 33.9 Å². The second-order valence-electron chi connectivity index (χ2n) is 7.05. The van der Waals surface area contributed by atoms with Gasteiger partial charge >= 0.3 is 0 Å². The number of aliphatic hydroxyl groups is 1. The lowest BCUT2D eigenvalue weighted by atomic mass is 9.95. The summed E-state index contributed by atoms with van der Waals surface area (Å²) in [6.07, 6.45) is 5.12. The molecule has 0 spiro atoms. The van der Waals surface area contributed by atoms with Crippen molar-refractivity contribution in [1.29, 1.82) is 0 Å². The van der Waals surface area contributed by atoms with E-state index < -0.39 is 17.7 Å². The number of benzene rings is 1. The molecule has 0 saturated heterocycles. The van der Waals surface area contributed by atoms with E-state index in [0.29, 0.717) is 4.88 Å². The van der Waals surface area contributed by atoms with E-state index in [1.807, 2.05) is 42.6 Å². The van der Waals surface area contributed by atoms with Crippen LogP contribution in [0, 0.1) is 0 Å². The number of para-hydroxylation sites is 1. The van der Waals surface area contributed by atoms with Crippen LogP contribution in [0.1, 0.15) is 26.8 Å². The molecule has 1 aliphatic rings. The Hall–Kier alpha value is -3.71. The Morgan fingerprint density at radius 2 is 1.93 bits per heavy atom. The first-order valence-electron chi connectivity index (χ1n) is 9.42. The van der Waals surface area contributed by atoms with Gasteiger partial charge in [0.25, 0.3) is 5.91 Å². The van der Waals surface area contributed by atoms with Crippen molar-refractivity contribution in [2.24, 2.45) is 0 Å². The van der Waals surface area contributed by atoms with E-state index >= 15 is 0 Å². The van der Waals surface area contributed by atoms with Crippen molar-refractivity contribution in [3.8, 4) is 0 Å². The van der Waals surface area contributed by atoms with Crippen molar-refractivity contribution in [1.82, 2.24) is 14.9 Å². The fourth-order valence-corrected chi connectivity index (χ4v) is 4.60. The number of H-pyrrole nitrogens is 1. The van der Waals surface area contributed by atoms with Crippen molar-refractivity contribution in [2.75, 3.05) is 0 Å². The number of carbonyl (C=O) groups is 2. The monoisotopic (exact) mass is 415 g/mol. The largest absolute Gasteiger partial charge is 0.503 e. The molecular weight excluding hydrogens is 398 g/mol. The molecule has 7 heteroatoms. The Kier molecular flexibility index (Phi) is 4.44. The quantitative estimate of drug-likeness (QED) is 0.473. The van der Waals surface area contributed by atoms with E-state index in [1.165, 1.54) is 11.3 Å². The normalized spacial score (nSPS) is 16.6. The maximum atomic E-state index is 13.3. The zero-order chi connectivity index (χ0) is 20.7. The highest BCUT2D eigenvalue weighted by molar-refractivity contribution is 7.12. The molecule has 4 heterocycles. The molecule has 1 aromatic carbocycles. The van der Waals surface area contributed by atoms with Crippen LogP contribution in [0.3, 0.4) is 0 Å². The summed E-state index contributed by atoms with van der Waals surface area (Å²) in [4.78, 5) is 35.6. The smallest absolute Gasteiger partial charge is 0.290 e. The van der Waals surface area contributed by atoms with Crippen molar-refractivity contribution in [2.45, 2.75) is 12.6 Å². The lowest BCUT2D eigenvalue weighted by molar-refractivity contribution is -0.130. The summed E-state index contributed by atoms with van der Waals surface area (Å²) >= 11 is 1.29. The summed E-state index contributed by atoms with van der Waals surface area (Å²) in [7, 11) is 0.